The van der Waals surface area contributed by atoms with Crippen LogP contribution < -0.4 is 0 Å². The van der Waals surface area contributed by atoms with E-state index in [4.69, 9.17) is 0 Å². The summed E-state index contributed by atoms with van der Waals surface area (Å²) in [5.74, 6) is -3.40. The van der Waals surface area contributed by atoms with E-state index in [0.29, 0.717) is 6.92 Å². The summed E-state index contributed by atoms with van der Waals surface area (Å²) >= 11 is -0.428. The second-order valence-electron chi connectivity index (χ2n) is 6.56. The molecule has 0 radical (unpaired) electrons. The van der Waals surface area contributed by atoms with Gasteiger partial charge in [-0.1, -0.05) is 6.92 Å². The van der Waals surface area contributed by atoms with Gasteiger partial charge >= 0.3 is 5.51 Å². The van der Waals surface area contributed by atoms with E-state index in [1.807, 2.05) is 0 Å². The van der Waals surface area contributed by atoms with Crippen LogP contribution in [0.1, 0.15) is 19.4 Å². The highest BCUT2D eigenvalue weighted by Gasteiger charge is 2.31. The number of aromatic nitrogens is 3. The normalized spacial score (nSPS) is 13.2. The molecule has 0 bridgehead atoms. The molecule has 5 nitrogen and oxygen atoms in total. The number of thioether (sulfide) groups is 1. The van der Waals surface area contributed by atoms with Crippen molar-refractivity contribution in [3.8, 4) is 11.4 Å². The highest BCUT2D eigenvalue weighted by molar-refractivity contribution is 8.00. The minimum absolute atomic E-state index is 0.0636. The van der Waals surface area contributed by atoms with Gasteiger partial charge in [0, 0.05) is 36.2 Å². The number of alkyl halides is 5. The molecule has 30 heavy (non-hydrogen) atoms. The number of sulfone groups is 1. The third-order valence-corrected chi connectivity index (χ3v) is 6.85. The van der Waals surface area contributed by atoms with Crippen LogP contribution in [-0.4, -0.2) is 34.2 Å². The number of rotatable bonds is 5. The minimum Gasteiger partial charge on any atom is -0.312 e. The van der Waals surface area contributed by atoms with Crippen molar-refractivity contribution in [3.63, 3.8) is 0 Å². The maximum Gasteiger partial charge on any atom is 0.446 e. The molecule has 0 aliphatic rings. The van der Waals surface area contributed by atoms with E-state index in [2.05, 4.69) is 9.97 Å². The Morgan fingerprint density at radius 3 is 2.37 bits per heavy atom. The first kappa shape index (κ1) is 22.5. The van der Waals surface area contributed by atoms with Crippen LogP contribution in [0.3, 0.4) is 0 Å². The van der Waals surface area contributed by atoms with Crippen molar-refractivity contribution >= 4 is 32.8 Å². The monoisotopic (exact) mass is 465 g/mol. The van der Waals surface area contributed by atoms with Crippen molar-refractivity contribution in [2.45, 2.75) is 35.1 Å². The zero-order valence-corrected chi connectivity index (χ0v) is 17.6. The molecule has 0 spiro atoms. The number of hydrogen-bond donors (Lipinski definition) is 0. The van der Waals surface area contributed by atoms with Crippen molar-refractivity contribution in [3.05, 3.63) is 36.0 Å². The highest BCUT2D eigenvalue weighted by atomic mass is 32.2. The van der Waals surface area contributed by atoms with Gasteiger partial charge in [0.15, 0.2) is 15.5 Å². The SMILES string of the molecule is CCS(=O)(=O)c1cc(SC(F)(F)F)ccc1-c1nc2cc(C(C)(F)F)cnc2n1C. The number of nitrogens with zero attached hydrogens (tertiary/aromatic N) is 3. The molecule has 0 fully saturated rings. The molecule has 0 aliphatic carbocycles. The lowest BCUT2D eigenvalue weighted by Crippen LogP contribution is -2.08. The number of hydrogen-bond acceptors (Lipinski definition) is 5. The largest absolute Gasteiger partial charge is 0.446 e. The van der Waals surface area contributed by atoms with Crippen molar-refractivity contribution in [2.24, 2.45) is 7.05 Å². The summed E-state index contributed by atoms with van der Waals surface area (Å²) in [6.07, 6.45) is 1.00. The van der Waals surface area contributed by atoms with Gasteiger partial charge in [0.1, 0.15) is 11.3 Å². The second kappa shape index (κ2) is 7.49. The molecule has 0 saturated carbocycles. The van der Waals surface area contributed by atoms with E-state index in [1.54, 1.807) is 0 Å². The molecule has 1 aromatic carbocycles. The van der Waals surface area contributed by atoms with Gasteiger partial charge in [-0.05, 0) is 36.0 Å². The maximum absolute atomic E-state index is 13.6. The lowest BCUT2D eigenvalue weighted by atomic mass is 10.2. The van der Waals surface area contributed by atoms with Gasteiger partial charge in [-0.2, -0.15) is 13.2 Å². The fraction of sp³-hybridized carbons (Fsp3) is 0.333. The number of benzene rings is 1. The van der Waals surface area contributed by atoms with E-state index in [-0.39, 0.29) is 43.7 Å². The van der Waals surface area contributed by atoms with Gasteiger partial charge in [-0.15, -0.1) is 0 Å². The van der Waals surface area contributed by atoms with Gasteiger partial charge in [0.2, 0.25) is 0 Å². The first-order chi connectivity index (χ1) is 13.7. The Morgan fingerprint density at radius 2 is 1.80 bits per heavy atom. The first-order valence-corrected chi connectivity index (χ1v) is 11.0. The molecule has 0 saturated heterocycles. The topological polar surface area (TPSA) is 64.8 Å². The Kier molecular flexibility index (Phi) is 5.61. The summed E-state index contributed by atoms with van der Waals surface area (Å²) in [4.78, 5) is 7.62. The molecule has 0 aliphatic heterocycles. The molecule has 3 aromatic rings. The Hall–Kier alpha value is -2.21. The van der Waals surface area contributed by atoms with Crippen LogP contribution in [0.2, 0.25) is 0 Å². The summed E-state index contributed by atoms with van der Waals surface area (Å²) in [5.41, 5.74) is -4.54. The van der Waals surface area contributed by atoms with Crippen LogP contribution in [0, 0.1) is 0 Å². The zero-order chi connectivity index (χ0) is 22.5. The second-order valence-corrected chi connectivity index (χ2v) is 9.94. The van der Waals surface area contributed by atoms with E-state index in [9.17, 15) is 30.4 Å². The predicted molar refractivity (Wildman–Crippen MR) is 103 cm³/mol. The average Bonchev–Trinajstić information content (AvgIpc) is 2.96. The summed E-state index contributed by atoms with van der Waals surface area (Å²) < 4.78 is 92.0. The van der Waals surface area contributed by atoms with Crippen molar-refractivity contribution < 1.29 is 30.4 Å². The maximum atomic E-state index is 13.6. The molecule has 0 N–H and O–H groups in total. The molecular weight excluding hydrogens is 449 g/mol. The quantitative estimate of drug-likeness (QED) is 0.385. The van der Waals surface area contributed by atoms with Crippen LogP contribution >= 0.6 is 11.8 Å². The molecule has 12 heteroatoms. The summed E-state index contributed by atoms with van der Waals surface area (Å²) in [5, 5.41) is 0. The molecular formula is C18H16F5N3O2S2. The number of imidazole rings is 1. The molecule has 0 unspecified atom stereocenters. The van der Waals surface area contributed by atoms with E-state index in [0.717, 1.165) is 24.4 Å². The Balaban J connectivity index is 2.24. The molecule has 2 heterocycles. The van der Waals surface area contributed by atoms with Crippen LogP contribution in [-0.2, 0) is 22.8 Å². The van der Waals surface area contributed by atoms with E-state index < -0.39 is 33.0 Å². The number of pyridine rings is 1. The van der Waals surface area contributed by atoms with Crippen molar-refractivity contribution in [2.75, 3.05) is 5.75 Å². The van der Waals surface area contributed by atoms with Crippen LogP contribution in [0.4, 0.5) is 22.0 Å². The van der Waals surface area contributed by atoms with Crippen molar-refractivity contribution in [1.29, 1.82) is 0 Å². The van der Waals surface area contributed by atoms with Crippen molar-refractivity contribution in [1.82, 2.24) is 14.5 Å². The summed E-state index contributed by atoms with van der Waals surface area (Å²) in [6, 6.07) is 4.46. The third-order valence-electron chi connectivity index (χ3n) is 4.36. The van der Waals surface area contributed by atoms with E-state index >= 15 is 0 Å². The first-order valence-electron chi connectivity index (χ1n) is 8.56. The number of aryl methyl sites for hydroxylation is 1. The zero-order valence-electron chi connectivity index (χ0n) is 16.0. The van der Waals surface area contributed by atoms with Gasteiger partial charge in [0.25, 0.3) is 5.92 Å². The molecule has 162 valence electrons. The molecule has 0 amide bonds. The fourth-order valence-electron chi connectivity index (χ4n) is 2.85. The number of fused-ring (bicyclic) bond motifs is 1. The van der Waals surface area contributed by atoms with Crippen LogP contribution in [0.5, 0.6) is 0 Å². The Bertz CT molecular complexity index is 1220. The fourth-order valence-corrected chi connectivity index (χ4v) is 4.62. The third kappa shape index (κ3) is 4.43. The van der Waals surface area contributed by atoms with Crippen LogP contribution in [0.25, 0.3) is 22.6 Å². The van der Waals surface area contributed by atoms with Crippen LogP contribution in [0.15, 0.2) is 40.3 Å². The predicted octanol–water partition coefficient (Wildman–Crippen LogP) is 5.15. The Labute approximate surface area is 173 Å². The molecule has 2 aromatic heterocycles. The smallest absolute Gasteiger partial charge is 0.312 e. The average molecular weight is 465 g/mol. The van der Waals surface area contributed by atoms with Gasteiger partial charge in [-0.3, -0.25) is 0 Å². The number of halogens is 5. The standard InChI is InChI=1S/C18H16F5N3O2S2/c1-4-30(27,28)14-8-11(29-18(21,22)23)5-6-12(14)15-25-13-7-10(17(2,19)20)9-24-16(13)26(15)3/h5-9H,4H2,1-3H3. The lowest BCUT2D eigenvalue weighted by Gasteiger charge is -2.12. The molecule has 0 atom stereocenters. The van der Waals surface area contributed by atoms with Gasteiger partial charge in [-0.25, -0.2) is 27.2 Å². The van der Waals surface area contributed by atoms with Gasteiger partial charge < -0.3 is 4.57 Å². The summed E-state index contributed by atoms with van der Waals surface area (Å²) in [7, 11) is -2.40. The van der Waals surface area contributed by atoms with E-state index in [1.165, 1.54) is 24.6 Å². The lowest BCUT2D eigenvalue weighted by molar-refractivity contribution is -0.0328. The van der Waals surface area contributed by atoms with Gasteiger partial charge in [0.05, 0.1) is 10.6 Å². The Morgan fingerprint density at radius 1 is 1.13 bits per heavy atom. The highest BCUT2D eigenvalue weighted by Crippen LogP contribution is 2.40. The summed E-state index contributed by atoms with van der Waals surface area (Å²) in [6.45, 7) is 2.08. The minimum atomic E-state index is -4.58. The molecule has 3 rings (SSSR count).